The van der Waals surface area contributed by atoms with Gasteiger partial charge in [0.05, 0.1) is 19.8 Å². The Morgan fingerprint density at radius 1 is 1.23 bits per heavy atom. The third-order valence-corrected chi connectivity index (χ3v) is 6.38. The van der Waals surface area contributed by atoms with E-state index in [0.717, 1.165) is 37.1 Å². The van der Waals surface area contributed by atoms with Crippen molar-refractivity contribution in [3.63, 3.8) is 0 Å². The molecule has 0 bridgehead atoms. The Labute approximate surface area is 184 Å². The zero-order chi connectivity index (χ0) is 21.2. The molecule has 0 amide bonds. The maximum atomic E-state index is 14.1. The topological polar surface area (TPSA) is 59.6 Å². The van der Waals surface area contributed by atoms with Crippen LogP contribution in [0.25, 0.3) is 0 Å². The van der Waals surface area contributed by atoms with Gasteiger partial charge in [0.25, 0.3) is 0 Å². The van der Waals surface area contributed by atoms with Crippen molar-refractivity contribution >= 4 is 17.9 Å². The smallest absolute Gasteiger partial charge is 0.319 e. The number of ether oxygens (including phenoxy) is 2. The summed E-state index contributed by atoms with van der Waals surface area (Å²) in [6.45, 7) is 4.00. The molecule has 3 rings (SSSR count). The van der Waals surface area contributed by atoms with Crippen LogP contribution in [0.5, 0.6) is 5.75 Å². The maximum Gasteiger partial charge on any atom is 0.319 e. The molecule has 2 N–H and O–H groups in total. The zero-order valence-electron chi connectivity index (χ0n) is 18.0. The van der Waals surface area contributed by atoms with Crippen molar-refractivity contribution < 1.29 is 18.7 Å². The molecule has 2 saturated carbocycles. The van der Waals surface area contributed by atoms with Gasteiger partial charge in [0, 0.05) is 11.8 Å². The molecule has 5 nitrogen and oxygen atoms in total. The van der Waals surface area contributed by atoms with E-state index in [0.29, 0.717) is 30.8 Å². The van der Waals surface area contributed by atoms with Crippen molar-refractivity contribution in [3.8, 4) is 5.75 Å². The van der Waals surface area contributed by atoms with Gasteiger partial charge in [-0.2, -0.15) is 0 Å². The summed E-state index contributed by atoms with van der Waals surface area (Å²) in [7, 11) is 0. The quantitative estimate of drug-likeness (QED) is 0.223. The molecule has 1 unspecified atom stereocenters. The zero-order valence-corrected chi connectivity index (χ0v) is 18.8. The second-order valence-electron chi connectivity index (χ2n) is 8.27. The average Bonchev–Trinajstić information content (AvgIpc) is 3.63. The molecule has 1 aromatic rings. The number of hydrogen-bond donors (Lipinski definition) is 2. The van der Waals surface area contributed by atoms with Crippen molar-refractivity contribution in [3.05, 3.63) is 29.6 Å². The molecule has 0 radical (unpaired) electrons. The Bertz CT molecular complexity index is 668. The van der Waals surface area contributed by atoms with Gasteiger partial charge in [-0.15, -0.1) is 0 Å². The van der Waals surface area contributed by atoms with E-state index in [1.54, 1.807) is 18.0 Å². The minimum atomic E-state index is -0.266. The van der Waals surface area contributed by atoms with Crippen molar-refractivity contribution in [2.45, 2.75) is 57.9 Å². The van der Waals surface area contributed by atoms with Crippen LogP contribution in [0.1, 0.15) is 63.5 Å². The first kappa shape index (κ1) is 23.4. The van der Waals surface area contributed by atoms with E-state index < -0.39 is 0 Å². The Balaban J connectivity index is 1.32. The largest absolute Gasteiger partial charge is 0.490 e. The number of halogens is 1. The lowest BCUT2D eigenvalue weighted by Crippen LogP contribution is -2.25. The highest BCUT2D eigenvalue weighted by Crippen LogP contribution is 2.43. The lowest BCUT2D eigenvalue weighted by Gasteiger charge is -2.19. The molecule has 2 fully saturated rings. The number of esters is 1. The van der Waals surface area contributed by atoms with Crippen LogP contribution in [-0.4, -0.2) is 38.0 Å². The van der Waals surface area contributed by atoms with Gasteiger partial charge in [0.2, 0.25) is 0 Å². The van der Waals surface area contributed by atoms with Gasteiger partial charge in [-0.25, -0.2) is 4.39 Å². The molecule has 0 spiro atoms. The first-order valence-electron chi connectivity index (χ1n) is 11.3. The van der Waals surface area contributed by atoms with Crippen LogP contribution in [0.4, 0.5) is 4.39 Å². The third kappa shape index (κ3) is 8.44. The van der Waals surface area contributed by atoms with Crippen LogP contribution < -0.4 is 14.8 Å². The summed E-state index contributed by atoms with van der Waals surface area (Å²) in [5.41, 5.74) is 1.13. The van der Waals surface area contributed by atoms with Gasteiger partial charge in [-0.05, 0) is 81.5 Å². The first-order valence-corrected chi connectivity index (χ1v) is 12.3. The molecule has 0 heterocycles. The molecule has 0 saturated heterocycles. The summed E-state index contributed by atoms with van der Waals surface area (Å²) in [5.74, 6) is 2.22. The van der Waals surface area contributed by atoms with E-state index in [-0.39, 0.29) is 24.4 Å². The summed E-state index contributed by atoms with van der Waals surface area (Å²) in [6, 6.07) is 5.59. The number of benzene rings is 1. The summed E-state index contributed by atoms with van der Waals surface area (Å²) in [6.07, 6.45) is 8.13. The summed E-state index contributed by atoms with van der Waals surface area (Å²) < 4.78 is 28.3. The van der Waals surface area contributed by atoms with Crippen molar-refractivity contribution in [2.24, 2.45) is 11.8 Å². The second-order valence-corrected chi connectivity index (χ2v) is 9.20. The Hall–Kier alpha value is -1.31. The van der Waals surface area contributed by atoms with Gasteiger partial charge in [-0.1, -0.05) is 24.4 Å². The fraction of sp³-hybridized carbons (Fsp3) is 0.696. The molecular formula is C23H35FN2O3S. The predicted octanol–water partition coefficient (Wildman–Crippen LogP) is 4.63. The van der Waals surface area contributed by atoms with E-state index in [1.165, 1.54) is 25.7 Å². The van der Waals surface area contributed by atoms with Crippen molar-refractivity contribution in [1.29, 1.82) is 0 Å². The van der Waals surface area contributed by atoms with E-state index in [1.807, 2.05) is 19.1 Å². The van der Waals surface area contributed by atoms with Gasteiger partial charge >= 0.3 is 5.97 Å². The molecule has 7 heteroatoms. The number of unbranched alkanes of at least 4 members (excludes halogenated alkanes) is 2. The number of carbonyl (C=O) groups excluding carboxylic acids is 1. The summed E-state index contributed by atoms with van der Waals surface area (Å²) in [5, 5.41) is 3.12. The van der Waals surface area contributed by atoms with E-state index in [9.17, 15) is 9.18 Å². The normalized spacial score (nSPS) is 17.0. The van der Waals surface area contributed by atoms with Crippen LogP contribution in [0, 0.1) is 17.7 Å². The number of hydrogen-bond acceptors (Lipinski definition) is 6. The number of carbonyl (C=O) groups is 1. The molecule has 30 heavy (non-hydrogen) atoms. The SMILES string of the molecule is CCOC(=O)CNCCCCCSNC(c1ccc(F)c(OCC2CC2)c1)C1CC1. The van der Waals surface area contributed by atoms with Crippen molar-refractivity contribution in [1.82, 2.24) is 10.0 Å². The maximum absolute atomic E-state index is 14.1. The van der Waals surface area contributed by atoms with Gasteiger partial charge in [0.1, 0.15) is 0 Å². The first-order chi connectivity index (χ1) is 14.7. The molecule has 2 aliphatic rings. The predicted molar refractivity (Wildman–Crippen MR) is 119 cm³/mol. The Morgan fingerprint density at radius 2 is 2.07 bits per heavy atom. The Kier molecular flexibility index (Phi) is 9.75. The number of nitrogens with one attached hydrogen (secondary N) is 2. The number of rotatable bonds is 16. The lowest BCUT2D eigenvalue weighted by atomic mass is 10.0. The third-order valence-electron chi connectivity index (χ3n) is 5.46. The van der Waals surface area contributed by atoms with Gasteiger partial charge < -0.3 is 14.8 Å². The Morgan fingerprint density at radius 3 is 2.80 bits per heavy atom. The van der Waals surface area contributed by atoms with E-state index in [4.69, 9.17) is 9.47 Å². The van der Waals surface area contributed by atoms with Gasteiger partial charge in [0.15, 0.2) is 11.6 Å². The van der Waals surface area contributed by atoms with Crippen LogP contribution in [0.2, 0.25) is 0 Å². The van der Waals surface area contributed by atoms with Gasteiger partial charge in [-0.3, -0.25) is 9.52 Å². The highest BCUT2D eigenvalue weighted by molar-refractivity contribution is 7.97. The fourth-order valence-electron chi connectivity index (χ4n) is 3.33. The van der Waals surface area contributed by atoms with Crippen LogP contribution in [0.3, 0.4) is 0 Å². The molecule has 1 aromatic carbocycles. The van der Waals surface area contributed by atoms with Crippen molar-refractivity contribution in [2.75, 3.05) is 32.1 Å². The minimum absolute atomic E-state index is 0.190. The minimum Gasteiger partial charge on any atom is -0.490 e. The summed E-state index contributed by atoms with van der Waals surface area (Å²) in [4.78, 5) is 11.2. The highest BCUT2D eigenvalue weighted by atomic mass is 32.2. The molecule has 0 aromatic heterocycles. The van der Waals surface area contributed by atoms with Crippen LogP contribution in [-0.2, 0) is 9.53 Å². The summed E-state index contributed by atoms with van der Waals surface area (Å²) >= 11 is 1.76. The van der Waals surface area contributed by atoms with E-state index in [2.05, 4.69) is 10.0 Å². The average molecular weight is 439 g/mol. The molecule has 2 aliphatic carbocycles. The second kappa shape index (κ2) is 12.5. The highest BCUT2D eigenvalue weighted by Gasteiger charge is 2.33. The van der Waals surface area contributed by atoms with Crippen LogP contribution in [0.15, 0.2) is 18.2 Å². The standard InChI is InChI=1S/C23H35FN2O3S/c1-2-28-22(27)15-25-12-4-3-5-13-30-26-23(18-8-9-18)19-10-11-20(24)21(14-19)29-16-17-6-7-17/h10-11,14,17-18,23,25-26H,2-9,12-13,15-16H2,1H3. The fourth-order valence-corrected chi connectivity index (χ4v) is 4.31. The molecular weight excluding hydrogens is 403 g/mol. The molecule has 0 aliphatic heterocycles. The monoisotopic (exact) mass is 438 g/mol. The molecule has 1 atom stereocenters. The van der Waals surface area contributed by atoms with Crippen LogP contribution >= 0.6 is 11.9 Å². The molecule has 168 valence electrons. The van der Waals surface area contributed by atoms with E-state index >= 15 is 0 Å². The lowest BCUT2D eigenvalue weighted by molar-refractivity contribution is -0.141.